The molecule has 4 nitrogen and oxygen atoms in total. The number of para-hydroxylation sites is 1. The molecule has 2 aromatic rings. The molecule has 0 aliphatic carbocycles. The van der Waals surface area contributed by atoms with Crippen LogP contribution >= 0.6 is 0 Å². The average molecular weight is 229 g/mol. The fraction of sp³-hybridized carbons (Fsp3) is 0.231. The highest BCUT2D eigenvalue weighted by molar-refractivity contribution is 5.36. The topological polar surface area (TPSA) is 61.0 Å². The Bertz CT molecular complexity index is 454. The maximum absolute atomic E-state index is 5.77. The molecule has 1 aromatic heterocycles. The number of nitrogens with zero attached hydrogens (tertiary/aromatic N) is 2. The van der Waals surface area contributed by atoms with E-state index < -0.39 is 0 Å². The summed E-state index contributed by atoms with van der Waals surface area (Å²) in [6.07, 6.45) is 4.12. The summed E-state index contributed by atoms with van der Waals surface area (Å²) in [5.41, 5.74) is 7.40. The number of ether oxygens (including phenoxy) is 1. The number of hydrogen-bond acceptors (Lipinski definition) is 4. The van der Waals surface area contributed by atoms with E-state index in [-0.39, 0.29) is 0 Å². The predicted molar refractivity (Wildman–Crippen MR) is 65.8 cm³/mol. The van der Waals surface area contributed by atoms with Crippen molar-refractivity contribution in [2.45, 2.75) is 19.9 Å². The van der Waals surface area contributed by atoms with Crippen LogP contribution in [0.25, 0.3) is 0 Å². The highest BCUT2D eigenvalue weighted by atomic mass is 16.5. The van der Waals surface area contributed by atoms with Crippen LogP contribution in [0.2, 0.25) is 0 Å². The highest BCUT2D eigenvalue weighted by Crippen LogP contribution is 2.25. The summed E-state index contributed by atoms with van der Waals surface area (Å²) in [5.74, 6) is 1.29. The molecule has 0 radical (unpaired) electrons. The van der Waals surface area contributed by atoms with Gasteiger partial charge in [0.15, 0.2) is 0 Å². The molecule has 0 unspecified atom stereocenters. The lowest BCUT2D eigenvalue weighted by atomic mass is 10.1. The Morgan fingerprint density at radius 1 is 1.18 bits per heavy atom. The Morgan fingerprint density at radius 2 is 1.94 bits per heavy atom. The summed E-state index contributed by atoms with van der Waals surface area (Å²) in [6.45, 7) is 2.40. The summed E-state index contributed by atoms with van der Waals surface area (Å²) in [7, 11) is 0. The van der Waals surface area contributed by atoms with Gasteiger partial charge in [-0.2, -0.15) is 0 Å². The molecule has 0 bridgehead atoms. The van der Waals surface area contributed by atoms with Gasteiger partial charge in [-0.1, -0.05) is 25.1 Å². The monoisotopic (exact) mass is 229 g/mol. The molecule has 0 spiro atoms. The molecule has 0 amide bonds. The smallest absolute Gasteiger partial charge is 0.242 e. The van der Waals surface area contributed by atoms with Crippen molar-refractivity contribution in [2.75, 3.05) is 0 Å². The van der Waals surface area contributed by atoms with Gasteiger partial charge in [-0.3, -0.25) is 4.98 Å². The largest absolute Gasteiger partial charge is 0.437 e. The lowest BCUT2D eigenvalue weighted by molar-refractivity contribution is 0.447. The third-order valence-corrected chi connectivity index (χ3v) is 2.49. The lowest BCUT2D eigenvalue weighted by Gasteiger charge is -2.10. The third kappa shape index (κ3) is 2.60. The molecular weight excluding hydrogens is 214 g/mol. The predicted octanol–water partition coefficient (Wildman–Crippen LogP) is 2.29. The van der Waals surface area contributed by atoms with Crippen molar-refractivity contribution in [1.29, 1.82) is 0 Å². The first-order valence-electron chi connectivity index (χ1n) is 5.61. The van der Waals surface area contributed by atoms with E-state index in [9.17, 15) is 0 Å². The van der Waals surface area contributed by atoms with E-state index in [1.807, 2.05) is 24.3 Å². The highest BCUT2D eigenvalue weighted by Gasteiger charge is 2.08. The maximum Gasteiger partial charge on any atom is 0.242 e. The van der Waals surface area contributed by atoms with Gasteiger partial charge in [-0.05, 0) is 18.1 Å². The van der Waals surface area contributed by atoms with Crippen LogP contribution in [0.3, 0.4) is 0 Å². The fourth-order valence-corrected chi connectivity index (χ4v) is 1.58. The van der Waals surface area contributed by atoms with Gasteiger partial charge in [-0.25, -0.2) is 4.98 Å². The van der Waals surface area contributed by atoms with Crippen molar-refractivity contribution in [3.05, 3.63) is 47.9 Å². The van der Waals surface area contributed by atoms with Gasteiger partial charge in [0, 0.05) is 18.9 Å². The molecule has 0 saturated carbocycles. The van der Waals surface area contributed by atoms with Crippen molar-refractivity contribution in [3.8, 4) is 11.6 Å². The van der Waals surface area contributed by atoms with Gasteiger partial charge in [0.1, 0.15) is 11.4 Å². The Hall–Kier alpha value is -1.94. The fourth-order valence-electron chi connectivity index (χ4n) is 1.58. The number of hydrogen-bond donors (Lipinski definition) is 1. The second-order valence-corrected chi connectivity index (χ2v) is 3.58. The summed E-state index contributed by atoms with van der Waals surface area (Å²) in [6, 6.07) is 7.89. The van der Waals surface area contributed by atoms with Crippen molar-refractivity contribution in [2.24, 2.45) is 5.73 Å². The average Bonchev–Trinajstić information content (AvgIpc) is 2.40. The normalized spacial score (nSPS) is 10.2. The molecule has 88 valence electrons. The summed E-state index contributed by atoms with van der Waals surface area (Å²) >= 11 is 0. The van der Waals surface area contributed by atoms with Crippen LogP contribution in [-0.4, -0.2) is 9.97 Å². The van der Waals surface area contributed by atoms with E-state index >= 15 is 0 Å². The second-order valence-electron chi connectivity index (χ2n) is 3.58. The molecule has 2 N–H and O–H groups in total. The van der Waals surface area contributed by atoms with Crippen LogP contribution in [0.4, 0.5) is 0 Å². The standard InChI is InChI=1S/C13H15N3O/c1-2-10-5-3-4-6-12(10)17-13-11(9-14)15-7-8-16-13/h3-8H,2,9,14H2,1H3. The summed E-state index contributed by atoms with van der Waals surface area (Å²) in [4.78, 5) is 8.29. The molecule has 4 heteroatoms. The second kappa shape index (κ2) is 5.41. The van der Waals surface area contributed by atoms with Gasteiger partial charge in [0.2, 0.25) is 5.88 Å². The molecule has 1 aromatic carbocycles. The van der Waals surface area contributed by atoms with Crippen LogP contribution < -0.4 is 10.5 Å². The minimum Gasteiger partial charge on any atom is -0.437 e. The number of nitrogens with two attached hydrogens (primary N) is 1. The molecule has 1 heterocycles. The number of aryl methyl sites for hydroxylation is 1. The first-order chi connectivity index (χ1) is 8.35. The Balaban J connectivity index is 2.31. The van der Waals surface area contributed by atoms with E-state index in [1.54, 1.807) is 12.4 Å². The van der Waals surface area contributed by atoms with Crippen LogP contribution in [-0.2, 0) is 13.0 Å². The van der Waals surface area contributed by atoms with Gasteiger partial charge in [0.25, 0.3) is 0 Å². The quantitative estimate of drug-likeness (QED) is 0.873. The molecule has 0 aliphatic heterocycles. The molecule has 0 aliphatic rings. The molecular formula is C13H15N3O. The van der Waals surface area contributed by atoms with Crippen molar-refractivity contribution in [3.63, 3.8) is 0 Å². The third-order valence-electron chi connectivity index (χ3n) is 2.49. The van der Waals surface area contributed by atoms with E-state index in [0.29, 0.717) is 18.1 Å². The van der Waals surface area contributed by atoms with E-state index in [4.69, 9.17) is 10.5 Å². The number of benzene rings is 1. The Kier molecular flexibility index (Phi) is 3.67. The Morgan fingerprint density at radius 3 is 2.71 bits per heavy atom. The van der Waals surface area contributed by atoms with Gasteiger partial charge in [-0.15, -0.1) is 0 Å². The van der Waals surface area contributed by atoms with Crippen LogP contribution in [0.1, 0.15) is 18.2 Å². The minimum atomic E-state index is 0.317. The number of rotatable bonds is 4. The molecule has 0 atom stereocenters. The van der Waals surface area contributed by atoms with Gasteiger partial charge in [0.05, 0.1) is 0 Å². The first kappa shape index (κ1) is 11.5. The van der Waals surface area contributed by atoms with Gasteiger partial charge >= 0.3 is 0 Å². The van der Waals surface area contributed by atoms with Crippen molar-refractivity contribution < 1.29 is 4.74 Å². The zero-order chi connectivity index (χ0) is 12.1. The molecule has 0 saturated heterocycles. The molecule has 17 heavy (non-hydrogen) atoms. The van der Waals surface area contributed by atoms with E-state index in [0.717, 1.165) is 17.7 Å². The SMILES string of the molecule is CCc1ccccc1Oc1nccnc1CN. The van der Waals surface area contributed by atoms with Crippen molar-refractivity contribution in [1.82, 2.24) is 9.97 Å². The lowest BCUT2D eigenvalue weighted by Crippen LogP contribution is -2.04. The number of aromatic nitrogens is 2. The summed E-state index contributed by atoms with van der Waals surface area (Å²) in [5, 5.41) is 0. The zero-order valence-corrected chi connectivity index (χ0v) is 9.76. The zero-order valence-electron chi connectivity index (χ0n) is 9.76. The first-order valence-corrected chi connectivity index (χ1v) is 5.61. The van der Waals surface area contributed by atoms with Crippen LogP contribution in [0.15, 0.2) is 36.7 Å². The van der Waals surface area contributed by atoms with Crippen molar-refractivity contribution >= 4 is 0 Å². The van der Waals surface area contributed by atoms with E-state index in [2.05, 4.69) is 16.9 Å². The minimum absolute atomic E-state index is 0.317. The maximum atomic E-state index is 5.77. The van der Waals surface area contributed by atoms with E-state index in [1.165, 1.54) is 0 Å². The molecule has 2 rings (SSSR count). The van der Waals surface area contributed by atoms with Crippen LogP contribution in [0, 0.1) is 0 Å². The Labute approximate surface area is 100 Å². The molecule has 0 fully saturated rings. The summed E-state index contributed by atoms with van der Waals surface area (Å²) < 4.78 is 5.77. The van der Waals surface area contributed by atoms with Gasteiger partial charge < -0.3 is 10.5 Å². The van der Waals surface area contributed by atoms with Crippen LogP contribution in [0.5, 0.6) is 11.6 Å².